The Morgan fingerprint density at radius 2 is 1.48 bits per heavy atom. The molecule has 0 saturated heterocycles. The summed E-state index contributed by atoms with van der Waals surface area (Å²) in [6.07, 6.45) is 3.91. The number of aromatic nitrogens is 1. The van der Waals surface area contributed by atoms with Crippen LogP contribution in [0.5, 0.6) is 0 Å². The Kier molecular flexibility index (Phi) is 3.86. The molecule has 1 aliphatic heterocycles. The fourth-order valence-corrected chi connectivity index (χ4v) is 3.15. The molecule has 3 aromatic rings. The van der Waals surface area contributed by atoms with Gasteiger partial charge in [-0.3, -0.25) is 9.78 Å². The first-order chi connectivity index (χ1) is 12.3. The average Bonchev–Trinajstić information content (AvgIpc) is 3.01. The number of pyridine rings is 1. The van der Waals surface area contributed by atoms with Gasteiger partial charge in [0.15, 0.2) is 5.54 Å². The van der Waals surface area contributed by atoms with Gasteiger partial charge in [-0.1, -0.05) is 60.7 Å². The SMILES string of the molecule is O=C1NC(c2ccncc2)=NC1(Cc1ccccc1)c1ccccc1. The van der Waals surface area contributed by atoms with Crippen molar-refractivity contribution in [3.05, 3.63) is 102 Å². The third-order valence-electron chi connectivity index (χ3n) is 4.42. The zero-order chi connectivity index (χ0) is 17.1. The minimum atomic E-state index is -0.957. The molecule has 0 radical (unpaired) electrons. The lowest BCUT2D eigenvalue weighted by Gasteiger charge is -2.24. The Bertz CT molecular complexity index is 908. The number of carbonyl (C=O) groups is 1. The number of carbonyl (C=O) groups excluding carboxylic acids is 1. The van der Waals surface area contributed by atoms with E-state index in [-0.39, 0.29) is 5.91 Å². The summed E-state index contributed by atoms with van der Waals surface area (Å²) in [7, 11) is 0. The highest BCUT2D eigenvalue weighted by atomic mass is 16.2. The van der Waals surface area contributed by atoms with E-state index in [1.54, 1.807) is 12.4 Å². The van der Waals surface area contributed by atoms with Crippen LogP contribution in [0.15, 0.2) is 90.2 Å². The lowest BCUT2D eigenvalue weighted by Crippen LogP contribution is -2.39. The van der Waals surface area contributed by atoms with Gasteiger partial charge in [0.05, 0.1) is 0 Å². The van der Waals surface area contributed by atoms with Crippen LogP contribution in [0.4, 0.5) is 0 Å². The number of nitrogens with zero attached hydrogens (tertiary/aromatic N) is 2. The maximum Gasteiger partial charge on any atom is 0.258 e. The van der Waals surface area contributed by atoms with Crippen LogP contribution in [-0.4, -0.2) is 16.7 Å². The molecule has 1 N–H and O–H groups in total. The van der Waals surface area contributed by atoms with Crippen LogP contribution in [-0.2, 0) is 16.8 Å². The van der Waals surface area contributed by atoms with Crippen molar-refractivity contribution in [2.24, 2.45) is 4.99 Å². The first-order valence-electron chi connectivity index (χ1n) is 8.19. The van der Waals surface area contributed by atoms with Gasteiger partial charge in [-0.25, -0.2) is 4.99 Å². The molecule has 0 spiro atoms. The van der Waals surface area contributed by atoms with Crippen molar-refractivity contribution in [3.63, 3.8) is 0 Å². The molecule has 1 aliphatic rings. The molecular formula is C21H17N3O. The van der Waals surface area contributed by atoms with E-state index in [9.17, 15) is 4.79 Å². The molecular weight excluding hydrogens is 310 g/mol. The molecule has 0 saturated carbocycles. The first kappa shape index (κ1) is 15.3. The van der Waals surface area contributed by atoms with Crippen LogP contribution in [0.1, 0.15) is 16.7 Å². The number of hydrogen-bond acceptors (Lipinski definition) is 3. The molecule has 1 aromatic heterocycles. The topological polar surface area (TPSA) is 54.4 Å². The number of nitrogens with one attached hydrogen (secondary N) is 1. The van der Waals surface area contributed by atoms with Crippen LogP contribution in [0.3, 0.4) is 0 Å². The summed E-state index contributed by atoms with van der Waals surface area (Å²) >= 11 is 0. The molecule has 1 atom stereocenters. The Hall–Kier alpha value is -3.27. The smallest absolute Gasteiger partial charge is 0.258 e. The average molecular weight is 327 g/mol. The predicted molar refractivity (Wildman–Crippen MR) is 97.2 cm³/mol. The van der Waals surface area contributed by atoms with Crippen molar-refractivity contribution >= 4 is 11.7 Å². The Labute approximate surface area is 146 Å². The summed E-state index contributed by atoms with van der Waals surface area (Å²) in [5.74, 6) is 0.488. The van der Waals surface area contributed by atoms with Crippen molar-refractivity contribution in [1.29, 1.82) is 0 Å². The van der Waals surface area contributed by atoms with Gasteiger partial charge in [0, 0.05) is 24.4 Å². The lowest BCUT2D eigenvalue weighted by molar-refractivity contribution is -0.124. The minimum Gasteiger partial charge on any atom is -0.308 e. The van der Waals surface area contributed by atoms with Crippen molar-refractivity contribution in [3.8, 4) is 0 Å². The molecule has 0 bridgehead atoms. The highest BCUT2D eigenvalue weighted by Crippen LogP contribution is 2.34. The van der Waals surface area contributed by atoms with Gasteiger partial charge < -0.3 is 5.32 Å². The molecule has 4 rings (SSSR count). The highest BCUT2D eigenvalue weighted by Gasteiger charge is 2.45. The van der Waals surface area contributed by atoms with E-state index < -0.39 is 5.54 Å². The summed E-state index contributed by atoms with van der Waals surface area (Å²) in [5, 5.41) is 2.96. The van der Waals surface area contributed by atoms with Crippen LogP contribution in [0, 0.1) is 0 Å². The van der Waals surface area contributed by atoms with Crippen LogP contribution in [0.2, 0.25) is 0 Å². The summed E-state index contributed by atoms with van der Waals surface area (Å²) in [5.41, 5.74) is 1.86. The second kappa shape index (κ2) is 6.32. The van der Waals surface area contributed by atoms with Gasteiger partial charge in [-0.05, 0) is 23.3 Å². The van der Waals surface area contributed by atoms with Gasteiger partial charge in [-0.2, -0.15) is 0 Å². The molecule has 1 amide bonds. The largest absolute Gasteiger partial charge is 0.308 e. The molecule has 0 aliphatic carbocycles. The number of amidine groups is 1. The molecule has 2 heterocycles. The van der Waals surface area contributed by atoms with Crippen LogP contribution in [0.25, 0.3) is 0 Å². The highest BCUT2D eigenvalue weighted by molar-refractivity contribution is 6.15. The second-order valence-corrected chi connectivity index (χ2v) is 6.04. The number of amides is 1. The summed E-state index contributed by atoms with van der Waals surface area (Å²) in [4.78, 5) is 21.9. The third-order valence-corrected chi connectivity index (χ3v) is 4.42. The first-order valence-corrected chi connectivity index (χ1v) is 8.19. The summed E-state index contributed by atoms with van der Waals surface area (Å²) in [6, 6.07) is 23.4. The van der Waals surface area contributed by atoms with Crippen molar-refractivity contribution < 1.29 is 4.79 Å². The van der Waals surface area contributed by atoms with E-state index in [1.807, 2.05) is 72.8 Å². The van der Waals surface area contributed by atoms with Gasteiger partial charge in [0.2, 0.25) is 0 Å². The van der Waals surface area contributed by atoms with E-state index in [0.29, 0.717) is 12.3 Å². The van der Waals surface area contributed by atoms with Gasteiger partial charge in [0.25, 0.3) is 5.91 Å². The zero-order valence-corrected chi connectivity index (χ0v) is 13.6. The summed E-state index contributed by atoms with van der Waals surface area (Å²) < 4.78 is 0. The molecule has 1 unspecified atom stereocenters. The van der Waals surface area contributed by atoms with Crippen molar-refractivity contribution in [2.45, 2.75) is 12.0 Å². The minimum absolute atomic E-state index is 0.102. The van der Waals surface area contributed by atoms with Crippen molar-refractivity contribution in [2.75, 3.05) is 0 Å². The number of hydrogen-bond donors (Lipinski definition) is 1. The second-order valence-electron chi connectivity index (χ2n) is 6.04. The fraction of sp³-hybridized carbons (Fsp3) is 0.0952. The van der Waals surface area contributed by atoms with Crippen LogP contribution >= 0.6 is 0 Å². The Morgan fingerprint density at radius 1 is 0.840 bits per heavy atom. The van der Waals surface area contributed by atoms with E-state index in [1.165, 1.54) is 0 Å². The van der Waals surface area contributed by atoms with Crippen molar-refractivity contribution in [1.82, 2.24) is 10.3 Å². The van der Waals surface area contributed by atoms with Gasteiger partial charge in [0.1, 0.15) is 5.84 Å². The maximum atomic E-state index is 13.0. The molecule has 4 nitrogen and oxygen atoms in total. The molecule has 2 aromatic carbocycles. The fourth-order valence-electron chi connectivity index (χ4n) is 3.15. The molecule has 4 heteroatoms. The standard InChI is InChI=1S/C21H17N3O/c25-20-21(18-9-5-2-6-10-18,15-16-7-3-1-4-8-16)24-19(23-20)17-11-13-22-14-12-17/h1-14H,15H2,(H,23,24,25). The van der Waals surface area contributed by atoms with Gasteiger partial charge >= 0.3 is 0 Å². The number of aliphatic imine (C=N–C) groups is 1. The Morgan fingerprint density at radius 3 is 2.16 bits per heavy atom. The predicted octanol–water partition coefficient (Wildman–Crippen LogP) is 3.10. The lowest BCUT2D eigenvalue weighted by atomic mass is 9.84. The Balaban J connectivity index is 1.83. The number of rotatable bonds is 4. The normalized spacial score (nSPS) is 19.4. The maximum absolute atomic E-state index is 13.0. The number of benzene rings is 2. The van der Waals surface area contributed by atoms with E-state index in [4.69, 9.17) is 4.99 Å². The molecule has 122 valence electrons. The van der Waals surface area contributed by atoms with E-state index in [0.717, 1.165) is 16.7 Å². The monoisotopic (exact) mass is 327 g/mol. The molecule has 25 heavy (non-hydrogen) atoms. The molecule has 0 fully saturated rings. The quantitative estimate of drug-likeness (QED) is 0.800. The van der Waals surface area contributed by atoms with Gasteiger partial charge in [-0.15, -0.1) is 0 Å². The van der Waals surface area contributed by atoms with E-state index >= 15 is 0 Å². The third kappa shape index (κ3) is 2.83. The van der Waals surface area contributed by atoms with Crippen LogP contribution < -0.4 is 5.32 Å². The van der Waals surface area contributed by atoms with E-state index in [2.05, 4.69) is 10.3 Å². The zero-order valence-electron chi connectivity index (χ0n) is 13.6. The summed E-state index contributed by atoms with van der Waals surface area (Å²) in [6.45, 7) is 0.